The average molecular weight is 304 g/mol. The number of hydrogen-bond donors (Lipinski definition) is 1. The molecule has 0 saturated heterocycles. The minimum Gasteiger partial charge on any atom is -0.330 e. The summed E-state index contributed by atoms with van der Waals surface area (Å²) in [7, 11) is 0. The Morgan fingerprint density at radius 2 is 2.05 bits per heavy atom. The van der Waals surface area contributed by atoms with Crippen molar-refractivity contribution in [3.05, 3.63) is 57.6 Å². The fourth-order valence-corrected chi connectivity index (χ4v) is 2.58. The van der Waals surface area contributed by atoms with Gasteiger partial charge in [0, 0.05) is 5.02 Å². The molecule has 1 heterocycles. The van der Waals surface area contributed by atoms with Crippen molar-refractivity contribution in [3.63, 3.8) is 0 Å². The molecule has 0 fully saturated rings. The molecule has 20 heavy (non-hydrogen) atoms. The number of halogens is 2. The first-order chi connectivity index (χ1) is 9.60. The smallest absolute Gasteiger partial charge is 0.182 e. The maximum Gasteiger partial charge on any atom is 0.182 e. The van der Waals surface area contributed by atoms with Crippen molar-refractivity contribution in [3.8, 4) is 11.8 Å². The van der Waals surface area contributed by atoms with Gasteiger partial charge in [-0.05, 0) is 48.6 Å². The Morgan fingerprint density at radius 1 is 1.25 bits per heavy atom. The molecule has 0 aliphatic heterocycles. The summed E-state index contributed by atoms with van der Waals surface area (Å²) in [6.45, 7) is 0. The number of H-pyrrole nitrogens is 1. The lowest BCUT2D eigenvalue weighted by molar-refractivity contribution is 0.627. The molecule has 0 aliphatic rings. The molecular formula is C14H7ClFN3S. The Kier molecular flexibility index (Phi) is 3.05. The number of hydrogen-bond acceptors (Lipinski definition) is 2. The summed E-state index contributed by atoms with van der Waals surface area (Å²) in [6, 6.07) is 11.3. The van der Waals surface area contributed by atoms with Gasteiger partial charge in [-0.1, -0.05) is 11.6 Å². The standard InChI is InChI=1S/C14H7ClFN3S/c15-9-1-3-11-13(6-9)19(14(20)18-11)12-4-2-10(16)5-8(12)7-17/h1-6H,(H,18,20). The number of fused-ring (bicyclic) bond motifs is 1. The highest BCUT2D eigenvalue weighted by Gasteiger charge is 2.11. The van der Waals surface area contributed by atoms with Crippen LogP contribution in [0.4, 0.5) is 4.39 Å². The second-order valence-corrected chi connectivity index (χ2v) is 5.02. The Morgan fingerprint density at radius 3 is 2.80 bits per heavy atom. The van der Waals surface area contributed by atoms with E-state index in [0.717, 1.165) is 11.0 Å². The van der Waals surface area contributed by atoms with E-state index in [-0.39, 0.29) is 5.56 Å². The predicted octanol–water partition coefficient (Wildman–Crippen LogP) is 4.35. The maximum atomic E-state index is 13.2. The number of nitrogens with zero attached hydrogens (tertiary/aromatic N) is 2. The maximum absolute atomic E-state index is 13.2. The number of rotatable bonds is 1. The van der Waals surface area contributed by atoms with E-state index in [9.17, 15) is 4.39 Å². The van der Waals surface area contributed by atoms with Crippen LogP contribution in [0, 0.1) is 21.9 Å². The molecule has 6 heteroatoms. The van der Waals surface area contributed by atoms with Gasteiger partial charge in [0.25, 0.3) is 0 Å². The zero-order valence-electron chi connectivity index (χ0n) is 10.0. The molecule has 2 aromatic carbocycles. The van der Waals surface area contributed by atoms with Crippen molar-refractivity contribution in [1.82, 2.24) is 9.55 Å². The monoisotopic (exact) mass is 303 g/mol. The molecule has 0 saturated carbocycles. The molecule has 1 N–H and O–H groups in total. The van der Waals surface area contributed by atoms with E-state index in [0.29, 0.717) is 15.5 Å². The molecular weight excluding hydrogens is 297 g/mol. The van der Waals surface area contributed by atoms with E-state index in [4.69, 9.17) is 29.1 Å². The number of nitrogens with one attached hydrogen (secondary N) is 1. The average Bonchev–Trinajstić information content (AvgIpc) is 2.74. The van der Waals surface area contributed by atoms with E-state index < -0.39 is 5.82 Å². The molecule has 3 rings (SSSR count). The SMILES string of the molecule is N#Cc1cc(F)ccc1-n1c(=S)[nH]c2ccc(Cl)cc21. The zero-order valence-corrected chi connectivity index (χ0v) is 11.6. The van der Waals surface area contributed by atoms with Crippen molar-refractivity contribution in [1.29, 1.82) is 5.26 Å². The van der Waals surface area contributed by atoms with Crippen LogP contribution in [0.25, 0.3) is 16.7 Å². The Bertz CT molecular complexity index is 920. The number of aromatic amines is 1. The van der Waals surface area contributed by atoms with Crippen molar-refractivity contribution in [2.24, 2.45) is 0 Å². The Balaban J connectivity index is 2.41. The van der Waals surface area contributed by atoms with Gasteiger partial charge < -0.3 is 4.98 Å². The fourth-order valence-electron chi connectivity index (χ4n) is 2.11. The molecule has 0 radical (unpaired) electrons. The van der Waals surface area contributed by atoms with Gasteiger partial charge in [-0.25, -0.2) is 4.39 Å². The second-order valence-electron chi connectivity index (χ2n) is 4.20. The summed E-state index contributed by atoms with van der Waals surface area (Å²) in [5.41, 5.74) is 2.27. The Hall–Kier alpha value is -2.16. The summed E-state index contributed by atoms with van der Waals surface area (Å²) in [6.07, 6.45) is 0. The zero-order chi connectivity index (χ0) is 14.3. The first kappa shape index (κ1) is 12.9. The van der Waals surface area contributed by atoms with E-state index in [1.165, 1.54) is 18.2 Å². The lowest BCUT2D eigenvalue weighted by Gasteiger charge is -2.07. The highest BCUT2D eigenvalue weighted by molar-refractivity contribution is 7.71. The molecule has 0 unspecified atom stereocenters. The quantitative estimate of drug-likeness (QED) is 0.679. The number of nitriles is 1. The van der Waals surface area contributed by atoms with Gasteiger partial charge in [0.1, 0.15) is 11.9 Å². The van der Waals surface area contributed by atoms with Crippen LogP contribution >= 0.6 is 23.8 Å². The van der Waals surface area contributed by atoms with Gasteiger partial charge in [0.2, 0.25) is 0 Å². The van der Waals surface area contributed by atoms with Crippen LogP contribution in [0.1, 0.15) is 5.56 Å². The highest BCUT2D eigenvalue weighted by atomic mass is 35.5. The van der Waals surface area contributed by atoms with Crippen LogP contribution in [-0.4, -0.2) is 9.55 Å². The molecule has 3 aromatic rings. The first-order valence-electron chi connectivity index (χ1n) is 5.70. The lowest BCUT2D eigenvalue weighted by atomic mass is 10.2. The summed E-state index contributed by atoms with van der Waals surface area (Å²) in [5, 5.41) is 9.72. The molecule has 3 nitrogen and oxygen atoms in total. The lowest BCUT2D eigenvalue weighted by Crippen LogP contribution is -1.98. The van der Waals surface area contributed by atoms with Crippen molar-refractivity contribution >= 4 is 34.9 Å². The normalized spacial score (nSPS) is 10.7. The van der Waals surface area contributed by atoms with Gasteiger partial charge in [0.15, 0.2) is 4.77 Å². The molecule has 0 aliphatic carbocycles. The number of aromatic nitrogens is 2. The summed E-state index contributed by atoms with van der Waals surface area (Å²) in [4.78, 5) is 3.03. The molecule has 0 atom stereocenters. The topological polar surface area (TPSA) is 44.5 Å². The largest absolute Gasteiger partial charge is 0.330 e. The van der Waals surface area contributed by atoms with E-state index in [1.54, 1.807) is 22.8 Å². The highest BCUT2D eigenvalue weighted by Crippen LogP contribution is 2.25. The third-order valence-corrected chi connectivity index (χ3v) is 3.49. The second kappa shape index (κ2) is 4.75. The van der Waals surface area contributed by atoms with Crippen molar-refractivity contribution in [2.75, 3.05) is 0 Å². The van der Waals surface area contributed by atoms with Crippen LogP contribution in [0.3, 0.4) is 0 Å². The number of benzene rings is 2. The van der Waals surface area contributed by atoms with E-state index in [1.807, 2.05) is 6.07 Å². The van der Waals surface area contributed by atoms with Crippen LogP contribution in [-0.2, 0) is 0 Å². The minimum atomic E-state index is -0.463. The third-order valence-electron chi connectivity index (χ3n) is 2.97. The minimum absolute atomic E-state index is 0.210. The molecule has 1 aromatic heterocycles. The van der Waals surface area contributed by atoms with Gasteiger partial charge in [-0.3, -0.25) is 4.57 Å². The first-order valence-corrected chi connectivity index (χ1v) is 6.49. The van der Waals surface area contributed by atoms with Crippen LogP contribution in [0.2, 0.25) is 5.02 Å². The van der Waals surface area contributed by atoms with Crippen LogP contribution in [0.15, 0.2) is 36.4 Å². The van der Waals surface area contributed by atoms with Crippen molar-refractivity contribution < 1.29 is 4.39 Å². The molecule has 0 spiro atoms. The summed E-state index contributed by atoms with van der Waals surface area (Å²) < 4.78 is 15.3. The van der Waals surface area contributed by atoms with Crippen LogP contribution < -0.4 is 0 Å². The summed E-state index contributed by atoms with van der Waals surface area (Å²) in [5.74, 6) is -0.463. The van der Waals surface area contributed by atoms with Gasteiger partial charge >= 0.3 is 0 Å². The number of imidazole rings is 1. The van der Waals surface area contributed by atoms with E-state index >= 15 is 0 Å². The van der Waals surface area contributed by atoms with Crippen LogP contribution in [0.5, 0.6) is 0 Å². The van der Waals surface area contributed by atoms with Gasteiger partial charge in [0.05, 0.1) is 22.3 Å². The molecule has 0 bridgehead atoms. The van der Waals surface area contributed by atoms with E-state index in [2.05, 4.69) is 4.98 Å². The fraction of sp³-hybridized carbons (Fsp3) is 0. The Labute approximate surface area is 123 Å². The van der Waals surface area contributed by atoms with Crippen molar-refractivity contribution in [2.45, 2.75) is 0 Å². The molecule has 0 amide bonds. The third kappa shape index (κ3) is 1.99. The van der Waals surface area contributed by atoms with Gasteiger partial charge in [-0.15, -0.1) is 0 Å². The predicted molar refractivity (Wildman–Crippen MR) is 78.1 cm³/mol. The summed E-state index contributed by atoms with van der Waals surface area (Å²) >= 11 is 11.3. The van der Waals surface area contributed by atoms with Gasteiger partial charge in [-0.2, -0.15) is 5.26 Å². The molecule has 98 valence electrons.